The van der Waals surface area contributed by atoms with Crippen molar-refractivity contribution in [2.24, 2.45) is 88.8 Å². The van der Waals surface area contributed by atoms with Crippen LogP contribution in [0.5, 0.6) is 0 Å². The van der Waals surface area contributed by atoms with Gasteiger partial charge in [0, 0.05) is 31.5 Å². The molecule has 6 saturated carbocycles. The van der Waals surface area contributed by atoms with Gasteiger partial charge in [0.2, 0.25) is 0 Å². The molecule has 6 rings (SSSR count). The molecule has 132 heavy (non-hydrogen) atoms. The van der Waals surface area contributed by atoms with Crippen molar-refractivity contribution in [1.82, 2.24) is 0 Å². The van der Waals surface area contributed by atoms with Crippen LogP contribution in [0.3, 0.4) is 0 Å². The zero-order chi connectivity index (χ0) is 102. The quantitative estimate of drug-likeness (QED) is 0.0542. The third-order valence-electron chi connectivity index (χ3n) is 24.9. The van der Waals surface area contributed by atoms with Crippen molar-refractivity contribution in [2.45, 2.75) is 632 Å². The van der Waals surface area contributed by atoms with Crippen LogP contribution in [-0.4, -0.2) is 113 Å². The summed E-state index contributed by atoms with van der Waals surface area (Å²) in [6, 6.07) is 0. The van der Waals surface area contributed by atoms with Crippen molar-refractivity contribution >= 4 is 106 Å². The molecule has 0 radical (unpaired) electrons. The first-order chi connectivity index (χ1) is 61.2. The molecule has 0 aromatic rings. The summed E-state index contributed by atoms with van der Waals surface area (Å²) in [6.45, 7) is 79.3. The van der Waals surface area contributed by atoms with E-state index in [9.17, 15) is 39.5 Å². The highest BCUT2D eigenvalue weighted by molar-refractivity contribution is 8.02. The molecule has 9 atom stereocenters. The molecule has 798 valence electrons. The van der Waals surface area contributed by atoms with Gasteiger partial charge >= 0.3 is 18.5 Å². The number of hydrogen-bond donors (Lipinski definition) is 0. The maximum Gasteiger partial charge on any atom is 0.400 e. The Kier molecular flexibility index (Phi) is 84.7. The summed E-state index contributed by atoms with van der Waals surface area (Å²) in [5, 5.41) is 7.31. The lowest BCUT2D eigenvalue weighted by Gasteiger charge is -2.34. The summed E-state index contributed by atoms with van der Waals surface area (Å²) in [4.78, 5) is 0. The van der Waals surface area contributed by atoms with Crippen LogP contribution in [0.2, 0.25) is 0 Å². The Hall–Kier alpha value is 2.52. The van der Waals surface area contributed by atoms with E-state index in [0.29, 0.717) is 37.0 Å². The Balaban J connectivity index is -0.00000142. The molecule has 0 saturated heterocycles. The zero-order valence-corrected chi connectivity index (χ0v) is 101. The fraction of sp³-hybridized carbons (Fsp3) is 1.00. The van der Waals surface area contributed by atoms with E-state index in [1.54, 1.807) is 0 Å². The summed E-state index contributed by atoms with van der Waals surface area (Å²) in [5.74, 6) is 13.2. The molecule has 0 nitrogen and oxygen atoms in total. The van der Waals surface area contributed by atoms with Gasteiger partial charge in [0.05, 0.1) is 0 Å². The lowest BCUT2D eigenvalue weighted by atomic mass is 9.81. The summed E-state index contributed by atoms with van der Waals surface area (Å²) < 4.78 is 113. The van der Waals surface area contributed by atoms with Crippen molar-refractivity contribution in [3.63, 3.8) is 0 Å². The standard InChI is InChI=1S/3C14H28S.3C13H26S.3C11H21F3S/c3*1-11(2)7-5-10-14(15-12(3)4)13-8-6-9-13;3*1-10(2)6-5-7-13(12-8-9-12)14-11(3)4;3*1-8(2)6-5-7-10(11(12,13)14)15-9(3)4/h3*11-14H,5-10H2,1-4H3;3*10-13H,5-9H2,1-4H3;3*8-10H,5-7H2,1-4H3/t2*14-;;2*13-;;2*10-;/m10.10.10./s1. The predicted molar refractivity (Wildman–Crippen MR) is 605 cm³/mol. The van der Waals surface area contributed by atoms with Gasteiger partial charge in [-0.2, -0.15) is 110 Å². The van der Waals surface area contributed by atoms with E-state index in [-0.39, 0.29) is 35.0 Å². The van der Waals surface area contributed by atoms with E-state index < -0.39 is 34.3 Å². The third-order valence-corrected chi connectivity index (χ3v) is 38.1. The molecular formula is C114H225F9S9. The van der Waals surface area contributed by atoms with Crippen LogP contribution in [0.25, 0.3) is 0 Å². The van der Waals surface area contributed by atoms with Crippen molar-refractivity contribution in [1.29, 1.82) is 0 Å². The van der Waals surface area contributed by atoms with E-state index in [1.165, 1.54) is 212 Å². The van der Waals surface area contributed by atoms with Gasteiger partial charge < -0.3 is 0 Å². The van der Waals surface area contributed by atoms with Gasteiger partial charge in [-0.25, -0.2) is 0 Å². The first-order valence-corrected chi connectivity index (χ1v) is 63.8. The van der Waals surface area contributed by atoms with Crippen LogP contribution in [0.1, 0.15) is 519 Å². The van der Waals surface area contributed by atoms with E-state index in [2.05, 4.69) is 237 Å². The maximum absolute atomic E-state index is 12.6. The summed E-state index contributed by atoms with van der Waals surface area (Å²) in [5.41, 5.74) is 0. The second-order valence-electron chi connectivity index (χ2n) is 47.0. The van der Waals surface area contributed by atoms with Gasteiger partial charge in [0.25, 0.3) is 0 Å². The van der Waals surface area contributed by atoms with Gasteiger partial charge in [0.15, 0.2) is 0 Å². The largest absolute Gasteiger partial charge is 0.400 e. The Morgan fingerprint density at radius 1 is 0.159 bits per heavy atom. The molecule has 0 aliphatic heterocycles. The number of hydrogen-bond acceptors (Lipinski definition) is 9. The molecule has 0 aromatic carbocycles. The molecule has 0 aromatic heterocycles. The van der Waals surface area contributed by atoms with Crippen LogP contribution in [0.15, 0.2) is 0 Å². The normalized spacial score (nSPS) is 17.9. The monoisotopic (exact) mass is 2050 g/mol. The fourth-order valence-electron chi connectivity index (χ4n) is 16.8. The highest BCUT2D eigenvalue weighted by Gasteiger charge is 2.43. The smallest absolute Gasteiger partial charge is 0.170 e. The minimum Gasteiger partial charge on any atom is -0.170 e. The Morgan fingerprint density at radius 2 is 0.273 bits per heavy atom. The molecule has 0 heterocycles. The molecule has 6 aliphatic rings. The van der Waals surface area contributed by atoms with Crippen LogP contribution < -0.4 is 0 Å². The second-order valence-corrected chi connectivity index (χ2v) is 63.3. The SMILES string of the molecule is CC(C)CCCC(SC(C)C)C(F)(F)F.CC(C)CCCC(SC(C)C)C1CC1.CC(C)CCCC(SC(C)C)C1CCC1.CC(C)CCC[C@@H](SC(C)C)C(F)(F)F.CC(C)CCC[C@@H](SC(C)C)C1CC1.CC(C)CCC[C@@H](SC(C)C)C1CCC1.CC(C)CCC[C@H](SC(C)C)C(F)(F)F.CC(C)CCC[C@H](SC(C)C)C1CC1.CC(C)CCC[C@H](SC(C)C)C1CCC1. The van der Waals surface area contributed by atoms with Gasteiger partial charge in [0.1, 0.15) is 15.7 Å². The van der Waals surface area contributed by atoms with Gasteiger partial charge in [-0.1, -0.05) is 384 Å². The summed E-state index contributed by atoms with van der Waals surface area (Å²) in [7, 11) is 0. The van der Waals surface area contributed by atoms with Crippen LogP contribution in [-0.2, 0) is 0 Å². The predicted octanol–water partition coefficient (Wildman–Crippen LogP) is 44.2. The van der Waals surface area contributed by atoms with Gasteiger partial charge in [-0.05, 0) is 271 Å². The Morgan fingerprint density at radius 3 is 0.356 bits per heavy atom. The van der Waals surface area contributed by atoms with E-state index in [4.69, 9.17) is 0 Å². The molecular weight excluding hydrogens is 1830 g/mol. The Bertz CT molecular complexity index is 2220. The second kappa shape index (κ2) is 80.6. The van der Waals surface area contributed by atoms with Crippen molar-refractivity contribution in [2.75, 3.05) is 0 Å². The topological polar surface area (TPSA) is 0 Å². The molecule has 0 bridgehead atoms. The van der Waals surface area contributed by atoms with Gasteiger partial charge in [-0.3, -0.25) is 0 Å². The zero-order valence-electron chi connectivity index (χ0n) is 93.3. The molecule has 0 N–H and O–H groups in total. The minimum absolute atomic E-state index is 0.0377. The number of thioether (sulfide) groups is 9. The third kappa shape index (κ3) is 87.9. The van der Waals surface area contributed by atoms with Crippen molar-refractivity contribution in [3.8, 4) is 0 Å². The average Bonchev–Trinajstić information content (AvgIpc) is 1.83. The minimum atomic E-state index is -4.05. The molecule has 6 aliphatic carbocycles. The highest BCUT2D eigenvalue weighted by Crippen LogP contribution is 2.48. The first kappa shape index (κ1) is 139. The summed E-state index contributed by atoms with van der Waals surface area (Å²) in [6.07, 6.45) is 41.8. The van der Waals surface area contributed by atoms with Crippen molar-refractivity contribution < 1.29 is 39.5 Å². The van der Waals surface area contributed by atoms with Gasteiger partial charge in [-0.15, -0.1) is 35.3 Å². The van der Waals surface area contributed by atoms with Crippen LogP contribution >= 0.6 is 106 Å². The lowest BCUT2D eigenvalue weighted by Crippen LogP contribution is -2.27. The number of halogens is 9. The van der Waals surface area contributed by atoms with Crippen molar-refractivity contribution in [3.05, 3.63) is 0 Å². The fourth-order valence-corrected chi connectivity index (χ4v) is 29.2. The molecule has 0 spiro atoms. The molecule has 18 heteroatoms. The molecule has 3 unspecified atom stereocenters. The average molecular weight is 2060 g/mol. The highest BCUT2D eigenvalue weighted by atomic mass is 32.2. The maximum atomic E-state index is 12.6. The first-order valence-electron chi connectivity index (χ1n) is 55.3. The van der Waals surface area contributed by atoms with Crippen LogP contribution in [0, 0.1) is 88.8 Å². The lowest BCUT2D eigenvalue weighted by molar-refractivity contribution is -0.130. The van der Waals surface area contributed by atoms with E-state index in [0.717, 1.165) is 189 Å². The Labute approximate surface area is 859 Å². The summed E-state index contributed by atoms with van der Waals surface area (Å²) >= 11 is 16.5. The molecule has 6 fully saturated rings. The molecule has 0 amide bonds. The van der Waals surface area contributed by atoms with Crippen LogP contribution in [0.4, 0.5) is 39.5 Å². The van der Waals surface area contributed by atoms with E-state index >= 15 is 0 Å². The number of rotatable bonds is 60. The van der Waals surface area contributed by atoms with E-state index in [1.807, 2.05) is 83.1 Å². The number of alkyl halides is 9.